The molecule has 2 aromatic heterocycles. The lowest BCUT2D eigenvalue weighted by atomic mass is 9.96. The molecule has 1 aliphatic rings. The summed E-state index contributed by atoms with van der Waals surface area (Å²) in [5.74, 6) is 1.12. The molecule has 0 unspecified atom stereocenters. The fourth-order valence-corrected chi connectivity index (χ4v) is 3.04. The highest BCUT2D eigenvalue weighted by Gasteiger charge is 2.26. The standard InChI is InChI=1S/C13H16BrN5O/c1-15-13(20)9-2-5-18(6-3-9)12-11-16-4-7-19(11)8-10(14)17-12/h4,7-9H,2-3,5-6H2,1H3,(H,15,20). The number of rotatable bonds is 2. The third-order valence-electron chi connectivity index (χ3n) is 3.74. The van der Waals surface area contributed by atoms with Crippen molar-refractivity contribution in [2.24, 2.45) is 5.92 Å². The molecule has 2 aromatic rings. The van der Waals surface area contributed by atoms with E-state index in [4.69, 9.17) is 0 Å². The molecule has 7 heteroatoms. The molecular formula is C13H16BrN5O. The monoisotopic (exact) mass is 337 g/mol. The van der Waals surface area contributed by atoms with Crippen LogP contribution in [-0.4, -0.2) is 40.4 Å². The van der Waals surface area contributed by atoms with Gasteiger partial charge in [0.1, 0.15) is 4.60 Å². The summed E-state index contributed by atoms with van der Waals surface area (Å²) in [6, 6.07) is 0. The van der Waals surface area contributed by atoms with Crippen LogP contribution in [0.2, 0.25) is 0 Å². The number of anilines is 1. The van der Waals surface area contributed by atoms with E-state index in [2.05, 4.69) is 36.1 Å². The van der Waals surface area contributed by atoms with Crippen molar-refractivity contribution in [3.63, 3.8) is 0 Å². The van der Waals surface area contributed by atoms with Gasteiger partial charge in [-0.05, 0) is 28.8 Å². The molecule has 0 atom stereocenters. The second kappa shape index (κ2) is 5.40. The lowest BCUT2D eigenvalue weighted by molar-refractivity contribution is -0.125. The van der Waals surface area contributed by atoms with Gasteiger partial charge in [-0.3, -0.25) is 4.79 Å². The average molecular weight is 338 g/mol. The van der Waals surface area contributed by atoms with Crippen molar-refractivity contribution < 1.29 is 4.79 Å². The lowest BCUT2D eigenvalue weighted by Gasteiger charge is -2.32. The van der Waals surface area contributed by atoms with Crippen molar-refractivity contribution in [1.82, 2.24) is 19.7 Å². The maximum atomic E-state index is 11.7. The van der Waals surface area contributed by atoms with Gasteiger partial charge >= 0.3 is 0 Å². The Morgan fingerprint density at radius 3 is 2.90 bits per heavy atom. The molecule has 0 aromatic carbocycles. The van der Waals surface area contributed by atoms with E-state index in [1.54, 1.807) is 13.2 Å². The number of amides is 1. The van der Waals surface area contributed by atoms with Gasteiger partial charge in [-0.25, -0.2) is 9.97 Å². The molecule has 3 heterocycles. The topological polar surface area (TPSA) is 62.5 Å². The Balaban J connectivity index is 1.83. The quantitative estimate of drug-likeness (QED) is 0.900. The molecule has 1 saturated heterocycles. The largest absolute Gasteiger partial charge is 0.359 e. The van der Waals surface area contributed by atoms with E-state index in [1.807, 2.05) is 16.8 Å². The number of imidazole rings is 1. The van der Waals surface area contributed by atoms with Gasteiger partial charge in [-0.1, -0.05) is 0 Å². The van der Waals surface area contributed by atoms with Crippen LogP contribution in [0.25, 0.3) is 5.65 Å². The third kappa shape index (κ3) is 2.37. The number of nitrogens with zero attached hydrogens (tertiary/aromatic N) is 4. The zero-order valence-corrected chi connectivity index (χ0v) is 12.8. The molecule has 0 radical (unpaired) electrons. The SMILES string of the molecule is CNC(=O)C1CCN(c2nc(Br)cn3ccnc23)CC1. The first-order valence-corrected chi connectivity index (χ1v) is 7.44. The van der Waals surface area contributed by atoms with Crippen molar-refractivity contribution in [2.75, 3.05) is 25.0 Å². The average Bonchev–Trinajstić information content (AvgIpc) is 2.94. The van der Waals surface area contributed by atoms with Gasteiger partial charge < -0.3 is 14.6 Å². The summed E-state index contributed by atoms with van der Waals surface area (Å²) in [6.07, 6.45) is 7.26. The van der Waals surface area contributed by atoms with Crippen LogP contribution < -0.4 is 10.2 Å². The molecule has 1 fully saturated rings. The number of piperidine rings is 1. The van der Waals surface area contributed by atoms with E-state index in [1.165, 1.54) is 0 Å². The summed E-state index contributed by atoms with van der Waals surface area (Å²) in [7, 11) is 1.69. The summed E-state index contributed by atoms with van der Waals surface area (Å²) in [5, 5.41) is 2.73. The Bertz CT molecular complexity index is 633. The molecule has 1 amide bonds. The molecule has 1 aliphatic heterocycles. The number of carbonyl (C=O) groups is 1. The highest BCUT2D eigenvalue weighted by atomic mass is 79.9. The van der Waals surface area contributed by atoms with Crippen molar-refractivity contribution in [1.29, 1.82) is 0 Å². The summed E-state index contributed by atoms with van der Waals surface area (Å²) in [6.45, 7) is 1.65. The second-order valence-electron chi connectivity index (χ2n) is 4.92. The van der Waals surface area contributed by atoms with Gasteiger partial charge in [-0.15, -0.1) is 0 Å². The van der Waals surface area contributed by atoms with Crippen molar-refractivity contribution in [2.45, 2.75) is 12.8 Å². The van der Waals surface area contributed by atoms with Crippen LogP contribution in [0.4, 0.5) is 5.82 Å². The number of aromatic nitrogens is 3. The first-order chi connectivity index (χ1) is 9.69. The van der Waals surface area contributed by atoms with E-state index >= 15 is 0 Å². The van der Waals surface area contributed by atoms with Crippen molar-refractivity contribution in [3.05, 3.63) is 23.2 Å². The van der Waals surface area contributed by atoms with Crippen LogP contribution in [0.1, 0.15) is 12.8 Å². The summed E-state index contributed by atoms with van der Waals surface area (Å²) in [5.41, 5.74) is 0.853. The molecule has 0 aliphatic carbocycles. The van der Waals surface area contributed by atoms with Gasteiger partial charge in [0.2, 0.25) is 5.91 Å². The smallest absolute Gasteiger partial charge is 0.222 e. The minimum absolute atomic E-state index is 0.110. The van der Waals surface area contributed by atoms with E-state index in [9.17, 15) is 4.79 Å². The molecule has 0 bridgehead atoms. The number of halogens is 1. The molecular weight excluding hydrogens is 322 g/mol. The number of carbonyl (C=O) groups excluding carboxylic acids is 1. The summed E-state index contributed by atoms with van der Waals surface area (Å²) in [4.78, 5) is 22.8. The maximum Gasteiger partial charge on any atom is 0.222 e. The third-order valence-corrected chi connectivity index (χ3v) is 4.12. The fraction of sp³-hybridized carbons (Fsp3) is 0.462. The van der Waals surface area contributed by atoms with Crippen LogP contribution in [0.3, 0.4) is 0 Å². The van der Waals surface area contributed by atoms with Gasteiger partial charge in [0.05, 0.1) is 0 Å². The fourth-order valence-electron chi connectivity index (χ4n) is 2.65. The minimum Gasteiger partial charge on any atom is -0.359 e. The highest BCUT2D eigenvalue weighted by molar-refractivity contribution is 9.10. The predicted octanol–water partition coefficient (Wildman–Crippen LogP) is 1.45. The number of hydrogen-bond acceptors (Lipinski definition) is 4. The molecule has 6 nitrogen and oxygen atoms in total. The van der Waals surface area contributed by atoms with E-state index in [-0.39, 0.29) is 11.8 Å². The molecule has 106 valence electrons. The zero-order chi connectivity index (χ0) is 14.1. The zero-order valence-electron chi connectivity index (χ0n) is 11.2. The van der Waals surface area contributed by atoms with Crippen LogP contribution in [0.5, 0.6) is 0 Å². The highest BCUT2D eigenvalue weighted by Crippen LogP contribution is 2.26. The van der Waals surface area contributed by atoms with Gasteiger partial charge in [0.15, 0.2) is 11.5 Å². The molecule has 0 saturated carbocycles. The van der Waals surface area contributed by atoms with Crippen LogP contribution in [0.15, 0.2) is 23.2 Å². The Labute approximate surface area is 125 Å². The maximum absolute atomic E-state index is 11.7. The normalized spacial score (nSPS) is 16.6. The summed E-state index contributed by atoms with van der Waals surface area (Å²) >= 11 is 3.43. The van der Waals surface area contributed by atoms with E-state index in [0.29, 0.717) is 0 Å². The van der Waals surface area contributed by atoms with Crippen molar-refractivity contribution >= 4 is 33.3 Å². The van der Waals surface area contributed by atoms with Gasteiger partial charge in [-0.2, -0.15) is 0 Å². The number of nitrogens with one attached hydrogen (secondary N) is 1. The lowest BCUT2D eigenvalue weighted by Crippen LogP contribution is -2.40. The molecule has 1 N–H and O–H groups in total. The Morgan fingerprint density at radius 1 is 1.45 bits per heavy atom. The Hall–Kier alpha value is -1.63. The number of fused-ring (bicyclic) bond motifs is 1. The Kier molecular flexibility index (Phi) is 3.60. The summed E-state index contributed by atoms with van der Waals surface area (Å²) < 4.78 is 2.74. The number of hydrogen-bond donors (Lipinski definition) is 1. The first kappa shape index (κ1) is 13.4. The molecule has 20 heavy (non-hydrogen) atoms. The molecule has 3 rings (SSSR count). The first-order valence-electron chi connectivity index (χ1n) is 6.65. The van der Waals surface area contributed by atoms with Gasteiger partial charge in [0.25, 0.3) is 0 Å². The van der Waals surface area contributed by atoms with Crippen molar-refractivity contribution in [3.8, 4) is 0 Å². The van der Waals surface area contributed by atoms with Crippen LogP contribution in [-0.2, 0) is 4.79 Å². The molecule has 0 spiro atoms. The predicted molar refractivity (Wildman–Crippen MR) is 79.7 cm³/mol. The Morgan fingerprint density at radius 2 is 2.20 bits per heavy atom. The minimum atomic E-state index is 0.110. The van der Waals surface area contributed by atoms with Gasteiger partial charge in [0, 0.05) is 44.6 Å². The van der Waals surface area contributed by atoms with E-state index in [0.717, 1.165) is 42.0 Å². The van der Waals surface area contributed by atoms with Crippen LogP contribution in [0, 0.1) is 5.92 Å². The second-order valence-corrected chi connectivity index (χ2v) is 5.73. The van der Waals surface area contributed by atoms with Crippen LogP contribution >= 0.6 is 15.9 Å². The van der Waals surface area contributed by atoms with E-state index < -0.39 is 0 Å².